The Morgan fingerprint density at radius 2 is 1.83 bits per heavy atom. The highest BCUT2D eigenvalue weighted by Crippen LogP contribution is 2.27. The van der Waals surface area contributed by atoms with Gasteiger partial charge in [0.25, 0.3) is 0 Å². The summed E-state index contributed by atoms with van der Waals surface area (Å²) in [5.41, 5.74) is 1.93. The summed E-state index contributed by atoms with van der Waals surface area (Å²) < 4.78 is 0. The molecule has 3 rings (SSSR count). The van der Waals surface area contributed by atoms with Crippen LogP contribution in [0, 0.1) is 6.92 Å². The van der Waals surface area contributed by atoms with E-state index in [0.29, 0.717) is 6.54 Å². The van der Waals surface area contributed by atoms with Crippen LogP contribution in [0.4, 0.5) is 0 Å². The summed E-state index contributed by atoms with van der Waals surface area (Å²) in [6, 6.07) is 11.3. The van der Waals surface area contributed by atoms with Crippen molar-refractivity contribution >= 4 is 34.8 Å². The van der Waals surface area contributed by atoms with Crippen molar-refractivity contribution in [2.45, 2.75) is 64.1 Å². The van der Waals surface area contributed by atoms with Crippen LogP contribution in [-0.2, 0) is 16.1 Å². The van der Waals surface area contributed by atoms with Crippen molar-refractivity contribution in [2.24, 2.45) is 0 Å². The first-order chi connectivity index (χ1) is 14.1. The molecule has 6 heteroatoms. The molecular formula is C23H29ClN2O2S. The fourth-order valence-corrected chi connectivity index (χ4v) is 4.75. The number of carbonyl (C=O) groups is 2. The number of benzene rings is 1. The summed E-state index contributed by atoms with van der Waals surface area (Å²) in [6.45, 7) is 2.39. The predicted octanol–water partition coefficient (Wildman–Crippen LogP) is 5.20. The summed E-state index contributed by atoms with van der Waals surface area (Å²) >= 11 is 7.52. The Labute approximate surface area is 182 Å². The molecule has 1 aromatic heterocycles. The van der Waals surface area contributed by atoms with Crippen LogP contribution in [-0.4, -0.2) is 28.6 Å². The zero-order valence-corrected chi connectivity index (χ0v) is 18.5. The maximum absolute atomic E-state index is 13.5. The highest BCUT2D eigenvalue weighted by molar-refractivity contribution is 7.09. The van der Waals surface area contributed by atoms with Crippen LogP contribution in [0.15, 0.2) is 41.8 Å². The van der Waals surface area contributed by atoms with Crippen molar-refractivity contribution < 1.29 is 9.59 Å². The van der Waals surface area contributed by atoms with Gasteiger partial charge in [0.15, 0.2) is 0 Å². The van der Waals surface area contributed by atoms with Gasteiger partial charge in [-0.25, -0.2) is 0 Å². The average molecular weight is 433 g/mol. The second-order valence-corrected chi connectivity index (χ2v) is 9.04. The molecule has 0 aliphatic heterocycles. The largest absolute Gasteiger partial charge is 0.351 e. The van der Waals surface area contributed by atoms with E-state index in [-0.39, 0.29) is 23.7 Å². The van der Waals surface area contributed by atoms with Crippen molar-refractivity contribution in [3.05, 3.63) is 57.8 Å². The van der Waals surface area contributed by atoms with Crippen molar-refractivity contribution in [1.29, 1.82) is 0 Å². The third-order valence-electron chi connectivity index (χ3n) is 5.50. The van der Waals surface area contributed by atoms with Crippen LogP contribution in [0.25, 0.3) is 0 Å². The second-order valence-electron chi connectivity index (χ2n) is 7.74. The van der Waals surface area contributed by atoms with E-state index in [1.807, 2.05) is 48.7 Å². The molecule has 1 fully saturated rings. The Kier molecular flexibility index (Phi) is 8.13. The molecule has 1 N–H and O–H groups in total. The topological polar surface area (TPSA) is 49.4 Å². The number of carbonyl (C=O) groups excluding carboxylic acids is 2. The predicted molar refractivity (Wildman–Crippen MR) is 119 cm³/mol. The van der Waals surface area contributed by atoms with E-state index in [1.165, 1.54) is 12.8 Å². The second kappa shape index (κ2) is 10.8. The highest BCUT2D eigenvalue weighted by Gasteiger charge is 2.32. The molecule has 1 saturated carbocycles. The lowest BCUT2D eigenvalue weighted by atomic mass is 10.0. The van der Waals surface area contributed by atoms with E-state index in [2.05, 4.69) is 5.32 Å². The lowest BCUT2D eigenvalue weighted by Crippen LogP contribution is -2.46. The lowest BCUT2D eigenvalue weighted by molar-refractivity contribution is -0.140. The number of nitrogens with zero attached hydrogens (tertiary/aromatic N) is 1. The standard InChI is InChI=1S/C23H29ClN2O2S/c1-17-10-12-18(13-11-17)22(23(28)25-19-7-4-2-3-5-8-19)26(21(27)15-24)16-20-9-6-14-29-20/h6,9-14,19,22H,2-5,7-8,15-16H2,1H3,(H,25,28). The van der Waals surface area contributed by atoms with Crippen molar-refractivity contribution in [2.75, 3.05) is 5.88 Å². The minimum atomic E-state index is -0.688. The molecule has 0 saturated heterocycles. The monoisotopic (exact) mass is 432 g/mol. The number of nitrogens with one attached hydrogen (secondary N) is 1. The molecule has 1 aromatic carbocycles. The van der Waals surface area contributed by atoms with Gasteiger partial charge in [0.05, 0.1) is 6.54 Å². The van der Waals surface area contributed by atoms with Crippen LogP contribution in [0.3, 0.4) is 0 Å². The summed E-state index contributed by atoms with van der Waals surface area (Å²) in [7, 11) is 0. The van der Waals surface area contributed by atoms with E-state index in [0.717, 1.165) is 41.7 Å². The van der Waals surface area contributed by atoms with Crippen molar-refractivity contribution in [3.63, 3.8) is 0 Å². The molecule has 1 unspecified atom stereocenters. The zero-order valence-electron chi connectivity index (χ0n) is 16.9. The molecule has 0 spiro atoms. The van der Waals surface area contributed by atoms with Gasteiger partial charge in [-0.2, -0.15) is 0 Å². The minimum absolute atomic E-state index is 0.115. The number of amides is 2. The number of aryl methyl sites for hydroxylation is 1. The fraction of sp³-hybridized carbons (Fsp3) is 0.478. The summed E-state index contributed by atoms with van der Waals surface area (Å²) in [5.74, 6) is -0.498. The Morgan fingerprint density at radius 1 is 1.14 bits per heavy atom. The van der Waals surface area contributed by atoms with Gasteiger partial charge in [-0.05, 0) is 36.8 Å². The van der Waals surface area contributed by atoms with Crippen LogP contribution >= 0.6 is 22.9 Å². The number of thiophene rings is 1. The molecule has 29 heavy (non-hydrogen) atoms. The summed E-state index contributed by atoms with van der Waals surface area (Å²) in [6.07, 6.45) is 6.73. The van der Waals surface area contributed by atoms with Gasteiger partial charge in [-0.3, -0.25) is 9.59 Å². The number of alkyl halides is 1. The normalized spacial score (nSPS) is 16.1. The van der Waals surface area contributed by atoms with Crippen LogP contribution < -0.4 is 5.32 Å². The summed E-state index contributed by atoms with van der Waals surface area (Å²) in [5, 5.41) is 5.22. The maximum Gasteiger partial charge on any atom is 0.247 e. The quantitative estimate of drug-likeness (QED) is 0.482. The third kappa shape index (κ3) is 6.06. The molecule has 0 bridgehead atoms. The average Bonchev–Trinajstić information content (AvgIpc) is 3.11. The smallest absolute Gasteiger partial charge is 0.247 e. The van der Waals surface area contributed by atoms with E-state index in [9.17, 15) is 9.59 Å². The van der Waals surface area contributed by atoms with Crippen molar-refractivity contribution in [1.82, 2.24) is 10.2 Å². The van der Waals surface area contributed by atoms with Gasteiger partial charge < -0.3 is 10.2 Å². The molecule has 2 amide bonds. The Hall–Kier alpha value is -1.85. The van der Waals surface area contributed by atoms with Gasteiger partial charge in [0.2, 0.25) is 11.8 Å². The number of hydrogen-bond acceptors (Lipinski definition) is 3. The van der Waals surface area contributed by atoms with E-state index >= 15 is 0 Å². The van der Waals surface area contributed by atoms with Crippen LogP contribution in [0.2, 0.25) is 0 Å². The van der Waals surface area contributed by atoms with Gasteiger partial charge >= 0.3 is 0 Å². The zero-order chi connectivity index (χ0) is 20.6. The number of halogens is 1. The molecule has 1 aliphatic carbocycles. The van der Waals surface area contributed by atoms with Crippen LogP contribution in [0.1, 0.15) is 60.6 Å². The van der Waals surface area contributed by atoms with Gasteiger partial charge in [0, 0.05) is 10.9 Å². The molecule has 2 aromatic rings. The molecule has 4 nitrogen and oxygen atoms in total. The number of rotatable bonds is 7. The van der Waals surface area contributed by atoms with Gasteiger partial charge in [0.1, 0.15) is 11.9 Å². The molecule has 1 heterocycles. The molecule has 1 aliphatic rings. The summed E-state index contributed by atoms with van der Waals surface area (Å²) in [4.78, 5) is 28.9. The van der Waals surface area contributed by atoms with Crippen LogP contribution in [0.5, 0.6) is 0 Å². The SMILES string of the molecule is Cc1ccc(C(C(=O)NC2CCCCCC2)N(Cc2cccs2)C(=O)CCl)cc1. The Bertz CT molecular complexity index is 784. The first-order valence-electron chi connectivity index (χ1n) is 10.3. The molecular weight excluding hydrogens is 404 g/mol. The molecule has 1 atom stereocenters. The molecule has 156 valence electrons. The fourth-order valence-electron chi connectivity index (χ4n) is 3.90. The third-order valence-corrected chi connectivity index (χ3v) is 6.59. The minimum Gasteiger partial charge on any atom is -0.351 e. The van der Waals surface area contributed by atoms with E-state index < -0.39 is 6.04 Å². The van der Waals surface area contributed by atoms with Crippen molar-refractivity contribution in [3.8, 4) is 0 Å². The maximum atomic E-state index is 13.5. The first kappa shape index (κ1) is 21.8. The first-order valence-corrected chi connectivity index (χ1v) is 11.7. The Morgan fingerprint density at radius 3 is 2.41 bits per heavy atom. The van der Waals surface area contributed by atoms with Gasteiger partial charge in [-0.15, -0.1) is 22.9 Å². The lowest BCUT2D eigenvalue weighted by Gasteiger charge is -2.32. The van der Waals surface area contributed by atoms with Gasteiger partial charge in [-0.1, -0.05) is 61.6 Å². The molecule has 0 radical (unpaired) electrons. The highest BCUT2D eigenvalue weighted by atomic mass is 35.5. The van der Waals surface area contributed by atoms with E-state index in [4.69, 9.17) is 11.6 Å². The number of hydrogen-bond donors (Lipinski definition) is 1. The van der Waals surface area contributed by atoms with E-state index in [1.54, 1.807) is 16.2 Å². The Balaban J connectivity index is 1.90.